The highest BCUT2D eigenvalue weighted by molar-refractivity contribution is 7.89. The van der Waals surface area contributed by atoms with Crippen molar-refractivity contribution in [2.24, 2.45) is 0 Å². The van der Waals surface area contributed by atoms with Gasteiger partial charge in [-0.3, -0.25) is 4.79 Å². The number of likely N-dealkylation sites (N-methyl/N-ethyl adjacent to an activating group) is 1. The fraction of sp³-hybridized carbons (Fsp3) is 0.391. The summed E-state index contributed by atoms with van der Waals surface area (Å²) < 4.78 is 33.1. The van der Waals surface area contributed by atoms with Crippen LogP contribution >= 0.6 is 11.6 Å². The number of carbonyl (C=O) groups excluding carboxylic acids is 2. The fourth-order valence-electron chi connectivity index (χ4n) is 3.67. The van der Waals surface area contributed by atoms with Gasteiger partial charge in [-0.05, 0) is 36.6 Å². The van der Waals surface area contributed by atoms with Crippen LogP contribution in [0.4, 0.5) is 0 Å². The van der Waals surface area contributed by atoms with E-state index in [0.29, 0.717) is 0 Å². The number of esters is 1. The van der Waals surface area contributed by atoms with E-state index in [-0.39, 0.29) is 34.0 Å². The summed E-state index contributed by atoms with van der Waals surface area (Å²) in [7, 11) is -2.25. The fourth-order valence-corrected chi connectivity index (χ4v) is 5.21. The Balaban J connectivity index is 1.63. The highest BCUT2D eigenvalue weighted by atomic mass is 35.5. The minimum atomic E-state index is -3.97. The summed E-state index contributed by atoms with van der Waals surface area (Å²) in [5.41, 5.74) is 0.783. The summed E-state index contributed by atoms with van der Waals surface area (Å²) in [6, 6.07) is 13.0. The summed E-state index contributed by atoms with van der Waals surface area (Å²) in [5.74, 6) is -1.07. The van der Waals surface area contributed by atoms with Gasteiger partial charge in [0.1, 0.15) is 4.90 Å². The van der Waals surface area contributed by atoms with Crippen LogP contribution in [0.5, 0.6) is 0 Å². The van der Waals surface area contributed by atoms with Gasteiger partial charge in [-0.1, -0.05) is 61.2 Å². The number of rotatable bonds is 8. The molecule has 172 valence electrons. The van der Waals surface area contributed by atoms with E-state index in [0.717, 1.165) is 37.3 Å². The standard InChI is InChI=1S/C23H27ClN2O5S/c1-26(19-10-6-3-7-11-19)22(27)16-31-23(28)18-12-13-20(24)21(14-18)32(29,30)25-15-17-8-4-2-5-9-17/h2,4-5,8-9,12-14,19,25H,3,6-7,10-11,15-16H2,1H3. The minimum absolute atomic E-state index is 0.00241. The van der Waals surface area contributed by atoms with Crippen molar-refractivity contribution in [3.8, 4) is 0 Å². The monoisotopic (exact) mass is 478 g/mol. The smallest absolute Gasteiger partial charge is 0.338 e. The Hall–Kier alpha value is -2.42. The zero-order valence-electron chi connectivity index (χ0n) is 17.9. The molecule has 1 amide bonds. The molecular weight excluding hydrogens is 452 g/mol. The molecular formula is C23H27ClN2O5S. The Kier molecular flexibility index (Phi) is 8.28. The second-order valence-corrected chi connectivity index (χ2v) is 9.97. The lowest BCUT2D eigenvalue weighted by atomic mass is 9.94. The summed E-state index contributed by atoms with van der Waals surface area (Å²) in [6.07, 6.45) is 5.25. The normalized spacial score (nSPS) is 14.7. The highest BCUT2D eigenvalue weighted by Gasteiger charge is 2.24. The molecule has 1 saturated carbocycles. The van der Waals surface area contributed by atoms with Crippen LogP contribution in [0, 0.1) is 0 Å². The summed E-state index contributed by atoms with van der Waals surface area (Å²) in [4.78, 5) is 26.3. The van der Waals surface area contributed by atoms with Crippen LogP contribution in [-0.2, 0) is 26.1 Å². The molecule has 7 nitrogen and oxygen atoms in total. The van der Waals surface area contributed by atoms with Gasteiger partial charge in [0.25, 0.3) is 5.91 Å². The van der Waals surface area contributed by atoms with Crippen LogP contribution in [0.15, 0.2) is 53.4 Å². The molecule has 2 aromatic carbocycles. The summed E-state index contributed by atoms with van der Waals surface area (Å²) in [5, 5.41) is -0.0183. The second-order valence-electron chi connectivity index (χ2n) is 7.83. The Morgan fingerprint density at radius 1 is 1.09 bits per heavy atom. The van der Waals surface area contributed by atoms with Crippen molar-refractivity contribution in [1.82, 2.24) is 9.62 Å². The van der Waals surface area contributed by atoms with Crippen molar-refractivity contribution in [1.29, 1.82) is 0 Å². The molecule has 0 bridgehead atoms. The minimum Gasteiger partial charge on any atom is -0.452 e. The lowest BCUT2D eigenvalue weighted by Crippen LogP contribution is -2.40. The molecule has 0 unspecified atom stereocenters. The molecule has 1 N–H and O–H groups in total. The maximum absolute atomic E-state index is 12.7. The number of sulfonamides is 1. The first kappa shape index (κ1) is 24.2. The average Bonchev–Trinajstić information content (AvgIpc) is 2.82. The molecule has 2 aromatic rings. The number of benzene rings is 2. The highest BCUT2D eigenvalue weighted by Crippen LogP contribution is 2.24. The van der Waals surface area contributed by atoms with E-state index in [1.54, 1.807) is 36.2 Å². The van der Waals surface area contributed by atoms with Crippen molar-refractivity contribution < 1.29 is 22.7 Å². The molecule has 0 spiro atoms. The number of nitrogens with zero attached hydrogens (tertiary/aromatic N) is 1. The molecule has 32 heavy (non-hydrogen) atoms. The average molecular weight is 479 g/mol. The van der Waals surface area contributed by atoms with Gasteiger partial charge in [-0.25, -0.2) is 17.9 Å². The van der Waals surface area contributed by atoms with Crippen molar-refractivity contribution in [3.63, 3.8) is 0 Å². The van der Waals surface area contributed by atoms with E-state index in [1.807, 2.05) is 6.07 Å². The number of carbonyl (C=O) groups is 2. The maximum Gasteiger partial charge on any atom is 0.338 e. The van der Waals surface area contributed by atoms with E-state index < -0.39 is 22.6 Å². The molecule has 0 radical (unpaired) electrons. The molecule has 3 rings (SSSR count). The molecule has 1 aliphatic carbocycles. The van der Waals surface area contributed by atoms with Gasteiger partial charge < -0.3 is 9.64 Å². The molecule has 1 aliphatic rings. The lowest BCUT2D eigenvalue weighted by molar-refractivity contribution is -0.135. The Labute approximate surface area is 193 Å². The number of hydrogen-bond acceptors (Lipinski definition) is 5. The predicted molar refractivity (Wildman–Crippen MR) is 122 cm³/mol. The van der Waals surface area contributed by atoms with Crippen molar-refractivity contribution >= 4 is 33.5 Å². The number of nitrogens with one attached hydrogen (secondary N) is 1. The van der Waals surface area contributed by atoms with Gasteiger partial charge in [0, 0.05) is 19.6 Å². The number of ether oxygens (including phenoxy) is 1. The topological polar surface area (TPSA) is 92.8 Å². The van der Waals surface area contributed by atoms with Crippen molar-refractivity contribution in [3.05, 3.63) is 64.7 Å². The Bertz CT molecular complexity index is 1050. The first-order valence-corrected chi connectivity index (χ1v) is 12.4. The molecule has 0 heterocycles. The molecule has 0 aromatic heterocycles. The molecule has 1 fully saturated rings. The largest absolute Gasteiger partial charge is 0.452 e. The third kappa shape index (κ3) is 6.31. The molecule has 0 aliphatic heterocycles. The molecule has 0 saturated heterocycles. The van der Waals surface area contributed by atoms with Crippen LogP contribution in [0.1, 0.15) is 48.0 Å². The molecule has 9 heteroatoms. The predicted octanol–water partition coefficient (Wildman–Crippen LogP) is 3.77. The van der Waals surface area contributed by atoms with E-state index in [1.165, 1.54) is 18.6 Å². The zero-order valence-corrected chi connectivity index (χ0v) is 19.5. The van der Waals surface area contributed by atoms with Gasteiger partial charge in [0.15, 0.2) is 6.61 Å². The SMILES string of the molecule is CN(C(=O)COC(=O)c1ccc(Cl)c(S(=O)(=O)NCc2ccccc2)c1)C1CCCCC1. The number of amides is 1. The van der Waals surface area contributed by atoms with E-state index in [9.17, 15) is 18.0 Å². The van der Waals surface area contributed by atoms with Crippen LogP contribution in [0.3, 0.4) is 0 Å². The third-order valence-electron chi connectivity index (χ3n) is 5.61. The second kappa shape index (κ2) is 10.9. The van der Waals surface area contributed by atoms with Crippen LogP contribution in [0.25, 0.3) is 0 Å². The van der Waals surface area contributed by atoms with Gasteiger partial charge in [0.05, 0.1) is 10.6 Å². The van der Waals surface area contributed by atoms with Gasteiger partial charge in [0.2, 0.25) is 10.0 Å². The number of hydrogen-bond donors (Lipinski definition) is 1. The van der Waals surface area contributed by atoms with Crippen LogP contribution < -0.4 is 4.72 Å². The van der Waals surface area contributed by atoms with Gasteiger partial charge in [-0.2, -0.15) is 0 Å². The van der Waals surface area contributed by atoms with Gasteiger partial charge in [-0.15, -0.1) is 0 Å². The van der Waals surface area contributed by atoms with Crippen molar-refractivity contribution in [2.45, 2.75) is 49.6 Å². The van der Waals surface area contributed by atoms with E-state index in [4.69, 9.17) is 16.3 Å². The van der Waals surface area contributed by atoms with Gasteiger partial charge >= 0.3 is 5.97 Å². The zero-order chi connectivity index (χ0) is 23.1. The third-order valence-corrected chi connectivity index (χ3v) is 7.49. The van der Waals surface area contributed by atoms with Crippen LogP contribution in [-0.4, -0.2) is 44.9 Å². The van der Waals surface area contributed by atoms with Crippen molar-refractivity contribution in [2.75, 3.05) is 13.7 Å². The molecule has 0 atom stereocenters. The van der Waals surface area contributed by atoms with Crippen LogP contribution in [0.2, 0.25) is 5.02 Å². The first-order chi connectivity index (χ1) is 15.3. The Morgan fingerprint density at radius 2 is 1.78 bits per heavy atom. The lowest BCUT2D eigenvalue weighted by Gasteiger charge is -2.31. The quantitative estimate of drug-likeness (QED) is 0.583. The van der Waals surface area contributed by atoms with E-state index >= 15 is 0 Å². The summed E-state index contributed by atoms with van der Waals surface area (Å²) >= 11 is 6.09. The number of halogens is 1. The maximum atomic E-state index is 12.7. The summed E-state index contributed by atoms with van der Waals surface area (Å²) in [6.45, 7) is -0.320. The Morgan fingerprint density at radius 3 is 2.47 bits per heavy atom. The first-order valence-electron chi connectivity index (χ1n) is 10.5. The van der Waals surface area contributed by atoms with E-state index in [2.05, 4.69) is 4.72 Å².